The predicted molar refractivity (Wildman–Crippen MR) is 19.8 cm³/mol. The molecule has 0 amide bonds. The Morgan fingerprint density at radius 2 is 1.71 bits per heavy atom. The smallest absolute Gasteiger partial charge is 0.550 e. The van der Waals surface area contributed by atoms with Crippen molar-refractivity contribution in [3.8, 4) is 0 Å². The van der Waals surface area contributed by atoms with Gasteiger partial charge in [-0.2, -0.15) is 0 Å². The van der Waals surface area contributed by atoms with Crippen LogP contribution in [-0.4, -0.2) is 5.97 Å². The maximum atomic E-state index is 9.59. The van der Waals surface area contributed by atoms with Crippen molar-refractivity contribution in [3.05, 3.63) is 0 Å². The molecule has 0 N–H and O–H groups in total. The molecule has 0 bridgehead atoms. The zero-order valence-electron chi connectivity index (χ0n) is 4.89. The quantitative estimate of drug-likeness (QED) is 0.458. The maximum absolute atomic E-state index is 9.59. The fourth-order valence-electron chi connectivity index (χ4n) is 0. The molecule has 7 heavy (non-hydrogen) atoms. The number of hydrogen-bond acceptors (Lipinski definition) is 2. The molecule has 2 nitrogen and oxygen atoms in total. The molecule has 0 atom stereocenters. The summed E-state index contributed by atoms with van der Waals surface area (Å²) < 4.78 is 0. The number of carbonyl (C=O) groups is 1. The van der Waals surface area contributed by atoms with Gasteiger partial charge >= 0.3 is 68.9 Å². The van der Waals surface area contributed by atoms with Crippen LogP contribution in [0.25, 0.3) is 0 Å². The summed E-state index contributed by atoms with van der Waals surface area (Å²) in [4.78, 5) is 9.59. The number of carbonyl (C=O) groups excluding carboxylic acids is 1. The molecule has 0 heterocycles. The van der Waals surface area contributed by atoms with Gasteiger partial charge in [0, 0.05) is 5.97 Å². The summed E-state index contributed by atoms with van der Waals surface area (Å²) in [5.74, 6) is -1.33. The Morgan fingerprint density at radius 3 is 1.71 bits per heavy atom. The number of carboxylic acid groups (broad SMARTS) is 1. The molecule has 0 rings (SSSR count). The van der Waals surface area contributed by atoms with Crippen LogP contribution in [0, 0.1) is 5.92 Å². The first kappa shape index (κ1) is 11.3. The van der Waals surface area contributed by atoms with Gasteiger partial charge in [0.25, 0.3) is 0 Å². The van der Waals surface area contributed by atoms with Gasteiger partial charge in [-0.15, -0.1) is 0 Å². The van der Waals surface area contributed by atoms with Crippen LogP contribution in [0.5, 0.6) is 0 Å². The van der Waals surface area contributed by atoms with Crippen molar-refractivity contribution in [1.29, 1.82) is 0 Å². The summed E-state index contributed by atoms with van der Waals surface area (Å²) in [7, 11) is 0. The van der Waals surface area contributed by atoms with E-state index in [0.717, 1.165) is 0 Å². The number of hydrogen-bond donors (Lipinski definition) is 0. The van der Waals surface area contributed by atoms with Gasteiger partial charge in [-0.3, -0.25) is 0 Å². The Morgan fingerprint density at radius 1 is 1.57 bits per heavy atom. The third-order valence-electron chi connectivity index (χ3n) is 0.471. The Balaban J connectivity index is 0. The van der Waals surface area contributed by atoms with Crippen LogP contribution < -0.4 is 74.0 Å². The van der Waals surface area contributed by atoms with E-state index in [9.17, 15) is 9.90 Å². The van der Waals surface area contributed by atoms with Crippen LogP contribution in [0.4, 0.5) is 0 Å². The van der Waals surface area contributed by atoms with E-state index in [1.807, 2.05) is 0 Å². The predicted octanol–water partition coefficient (Wildman–Crippen LogP) is -3.60. The third-order valence-corrected chi connectivity index (χ3v) is 0.471. The molecule has 0 aromatic heterocycles. The van der Waals surface area contributed by atoms with E-state index < -0.39 is 5.97 Å². The van der Waals surface area contributed by atoms with Crippen molar-refractivity contribution in [3.63, 3.8) is 0 Å². The standard InChI is InChI=1S/C4H8O2.Cs/c1-3(2)4(5)6;/h3H,1-2H3,(H,5,6);/q;+1/p-1. The molecule has 0 unspecified atom stereocenters. The monoisotopic (exact) mass is 220 g/mol. The molecule has 0 saturated heterocycles. The van der Waals surface area contributed by atoms with Crippen LogP contribution in [0.2, 0.25) is 0 Å². The molecule has 0 aliphatic rings. The summed E-state index contributed by atoms with van der Waals surface area (Å²) >= 11 is 0. The van der Waals surface area contributed by atoms with Crippen molar-refractivity contribution in [2.75, 3.05) is 0 Å². The van der Waals surface area contributed by atoms with Gasteiger partial charge in [0.1, 0.15) is 0 Å². The van der Waals surface area contributed by atoms with E-state index in [0.29, 0.717) is 0 Å². The molecule has 0 radical (unpaired) electrons. The first-order valence-corrected chi connectivity index (χ1v) is 1.85. The van der Waals surface area contributed by atoms with E-state index in [1.54, 1.807) is 13.8 Å². The fourth-order valence-corrected chi connectivity index (χ4v) is 0. The molecular weight excluding hydrogens is 213 g/mol. The molecule has 0 saturated carbocycles. The zero-order chi connectivity index (χ0) is 5.15. The van der Waals surface area contributed by atoms with Crippen LogP contribution >= 0.6 is 0 Å². The summed E-state index contributed by atoms with van der Waals surface area (Å²) in [5.41, 5.74) is 0. The summed E-state index contributed by atoms with van der Waals surface area (Å²) in [6, 6.07) is 0. The zero-order valence-corrected chi connectivity index (χ0v) is 11.2. The van der Waals surface area contributed by atoms with Gasteiger partial charge in [-0.25, -0.2) is 0 Å². The van der Waals surface area contributed by atoms with Crippen LogP contribution in [0.3, 0.4) is 0 Å². The van der Waals surface area contributed by atoms with E-state index >= 15 is 0 Å². The van der Waals surface area contributed by atoms with Gasteiger partial charge in [0.2, 0.25) is 0 Å². The third kappa shape index (κ3) is 7.52. The summed E-state index contributed by atoms with van der Waals surface area (Å²) in [6.07, 6.45) is 0. The first-order chi connectivity index (χ1) is 2.64. The van der Waals surface area contributed by atoms with Gasteiger partial charge in [-0.1, -0.05) is 13.8 Å². The number of carboxylic acids is 1. The Hall–Kier alpha value is 1.52. The molecule has 3 heteroatoms. The Kier molecular flexibility index (Phi) is 9.16. The second-order valence-corrected chi connectivity index (χ2v) is 1.47. The molecule has 0 fully saturated rings. The van der Waals surface area contributed by atoms with Crippen molar-refractivity contribution < 1.29 is 78.8 Å². The van der Waals surface area contributed by atoms with Gasteiger partial charge in [-0.05, 0) is 5.92 Å². The minimum atomic E-state index is -0.991. The largest absolute Gasteiger partial charge is 1.00 e. The summed E-state index contributed by atoms with van der Waals surface area (Å²) in [5, 5.41) is 9.59. The van der Waals surface area contributed by atoms with E-state index in [4.69, 9.17) is 0 Å². The van der Waals surface area contributed by atoms with Gasteiger partial charge in [0.15, 0.2) is 0 Å². The minimum Gasteiger partial charge on any atom is -0.550 e. The molecule has 0 aromatic carbocycles. The number of rotatable bonds is 1. The van der Waals surface area contributed by atoms with Crippen LogP contribution in [0.15, 0.2) is 0 Å². The van der Waals surface area contributed by atoms with Crippen molar-refractivity contribution in [1.82, 2.24) is 0 Å². The van der Waals surface area contributed by atoms with Crippen molar-refractivity contribution in [2.24, 2.45) is 5.92 Å². The maximum Gasteiger partial charge on any atom is 1.00 e. The molecule has 0 spiro atoms. The second-order valence-electron chi connectivity index (χ2n) is 1.47. The molecule has 36 valence electrons. The van der Waals surface area contributed by atoms with E-state index in [-0.39, 0.29) is 74.8 Å². The minimum absolute atomic E-state index is 0. The molecule has 0 aromatic rings. The Labute approximate surface area is 102 Å². The second kappa shape index (κ2) is 5.65. The fraction of sp³-hybridized carbons (Fsp3) is 0.750. The topological polar surface area (TPSA) is 40.1 Å². The van der Waals surface area contributed by atoms with E-state index in [2.05, 4.69) is 0 Å². The van der Waals surface area contributed by atoms with Gasteiger partial charge in [0.05, 0.1) is 0 Å². The molecular formula is C4H7CsO2. The van der Waals surface area contributed by atoms with E-state index in [1.165, 1.54) is 0 Å². The number of aliphatic carboxylic acids is 1. The van der Waals surface area contributed by atoms with Gasteiger partial charge < -0.3 is 9.90 Å². The SMILES string of the molecule is CC(C)C(=O)[O-].[Cs+]. The normalized spacial score (nSPS) is 7.86. The average Bonchev–Trinajstić information content (AvgIpc) is 1.36. The van der Waals surface area contributed by atoms with Crippen molar-refractivity contribution in [2.45, 2.75) is 13.8 Å². The first-order valence-electron chi connectivity index (χ1n) is 1.85. The molecule has 0 aliphatic carbocycles. The van der Waals surface area contributed by atoms with Crippen molar-refractivity contribution >= 4 is 5.97 Å². The average molecular weight is 220 g/mol. The molecule has 0 aliphatic heterocycles. The summed E-state index contributed by atoms with van der Waals surface area (Å²) in [6.45, 7) is 3.16. The van der Waals surface area contributed by atoms with Crippen LogP contribution in [0.1, 0.15) is 13.8 Å². The Bertz CT molecular complexity index is 60.7. The van der Waals surface area contributed by atoms with Crippen LogP contribution in [-0.2, 0) is 4.79 Å².